The molecule has 1 aromatic carbocycles. The molecule has 140 valence electrons. The highest BCUT2D eigenvalue weighted by molar-refractivity contribution is 5.92. The molecule has 2 fully saturated rings. The van der Waals surface area contributed by atoms with Gasteiger partial charge in [-0.2, -0.15) is 10.2 Å². The van der Waals surface area contributed by atoms with E-state index in [2.05, 4.69) is 33.4 Å². The Morgan fingerprint density at radius 3 is 2.81 bits per heavy atom. The van der Waals surface area contributed by atoms with Gasteiger partial charge in [-0.1, -0.05) is 11.2 Å². The first-order chi connectivity index (χ1) is 13.1. The van der Waals surface area contributed by atoms with Crippen molar-refractivity contribution in [1.82, 2.24) is 15.0 Å². The molecule has 1 atom stereocenters. The number of carbonyl (C=O) groups excluding carboxylic acids is 1. The quantitative estimate of drug-likeness (QED) is 0.874. The number of hydrogen-bond donors (Lipinski definition) is 1. The maximum Gasteiger partial charge on any atom is 0.243 e. The molecule has 0 bridgehead atoms. The molecule has 2 aliphatic rings. The first-order valence-corrected chi connectivity index (χ1v) is 9.52. The van der Waals surface area contributed by atoms with Gasteiger partial charge >= 0.3 is 0 Å². The van der Waals surface area contributed by atoms with E-state index in [4.69, 9.17) is 9.78 Å². The Bertz CT molecular complexity index is 859. The number of likely N-dealkylation sites (tertiary alicyclic amines) is 1. The van der Waals surface area contributed by atoms with Crippen molar-refractivity contribution < 1.29 is 9.32 Å². The SMILES string of the molecule is C[C@H](c1nc(C2CC2)no1)N1CCC(C(=O)Nc2cccc(C#N)c2)CC1. The van der Waals surface area contributed by atoms with E-state index >= 15 is 0 Å². The number of hydrogen-bond acceptors (Lipinski definition) is 6. The van der Waals surface area contributed by atoms with Crippen LogP contribution < -0.4 is 5.32 Å². The molecule has 1 saturated heterocycles. The molecule has 1 aliphatic heterocycles. The smallest absolute Gasteiger partial charge is 0.243 e. The van der Waals surface area contributed by atoms with Crippen LogP contribution in [0.2, 0.25) is 0 Å². The Labute approximate surface area is 158 Å². The molecular formula is C20H23N5O2. The summed E-state index contributed by atoms with van der Waals surface area (Å²) in [4.78, 5) is 19.4. The number of carbonyl (C=O) groups is 1. The highest BCUT2D eigenvalue weighted by Gasteiger charge is 2.32. The molecule has 27 heavy (non-hydrogen) atoms. The van der Waals surface area contributed by atoms with E-state index < -0.39 is 0 Å². The zero-order chi connectivity index (χ0) is 18.8. The summed E-state index contributed by atoms with van der Waals surface area (Å²) in [6.07, 6.45) is 3.89. The molecule has 0 radical (unpaired) electrons. The van der Waals surface area contributed by atoms with Crippen LogP contribution in [0.25, 0.3) is 0 Å². The molecule has 2 heterocycles. The van der Waals surface area contributed by atoms with Crippen molar-refractivity contribution in [2.45, 2.75) is 44.6 Å². The second-order valence-corrected chi connectivity index (χ2v) is 7.43. The minimum atomic E-state index is -0.0242. The lowest BCUT2D eigenvalue weighted by Crippen LogP contribution is -2.39. The van der Waals surface area contributed by atoms with Gasteiger partial charge in [0.15, 0.2) is 5.82 Å². The third-order valence-electron chi connectivity index (χ3n) is 5.46. The molecule has 7 nitrogen and oxygen atoms in total. The second kappa shape index (κ2) is 7.49. The lowest BCUT2D eigenvalue weighted by atomic mass is 9.95. The van der Waals surface area contributed by atoms with E-state index in [1.165, 1.54) is 0 Å². The zero-order valence-corrected chi connectivity index (χ0v) is 15.4. The van der Waals surface area contributed by atoms with Crippen molar-refractivity contribution in [2.24, 2.45) is 5.92 Å². The van der Waals surface area contributed by atoms with Crippen LogP contribution in [0, 0.1) is 17.2 Å². The Kier molecular flexibility index (Phi) is 4.90. The maximum absolute atomic E-state index is 12.5. The molecule has 1 saturated carbocycles. The van der Waals surface area contributed by atoms with Crippen LogP contribution in [0.5, 0.6) is 0 Å². The van der Waals surface area contributed by atoms with Crippen molar-refractivity contribution in [1.29, 1.82) is 5.26 Å². The summed E-state index contributed by atoms with van der Waals surface area (Å²) in [7, 11) is 0. The molecule has 1 aliphatic carbocycles. The topological polar surface area (TPSA) is 95.1 Å². The fourth-order valence-corrected chi connectivity index (χ4v) is 3.54. The predicted molar refractivity (Wildman–Crippen MR) is 98.8 cm³/mol. The molecule has 1 N–H and O–H groups in total. The average molecular weight is 365 g/mol. The van der Waals surface area contributed by atoms with Gasteiger partial charge in [0.1, 0.15) is 0 Å². The largest absolute Gasteiger partial charge is 0.338 e. The van der Waals surface area contributed by atoms with Gasteiger partial charge in [0, 0.05) is 17.5 Å². The highest BCUT2D eigenvalue weighted by Crippen LogP contribution is 2.38. The molecule has 0 spiro atoms. The van der Waals surface area contributed by atoms with Gasteiger partial charge in [0.25, 0.3) is 0 Å². The Morgan fingerprint density at radius 2 is 2.11 bits per heavy atom. The number of anilines is 1. The molecule has 1 amide bonds. The maximum atomic E-state index is 12.5. The lowest BCUT2D eigenvalue weighted by molar-refractivity contribution is -0.121. The first kappa shape index (κ1) is 17.7. The number of nitriles is 1. The van der Waals surface area contributed by atoms with Gasteiger partial charge in [-0.25, -0.2) is 0 Å². The number of piperidine rings is 1. The van der Waals surface area contributed by atoms with Crippen molar-refractivity contribution in [2.75, 3.05) is 18.4 Å². The van der Waals surface area contributed by atoms with Crippen LogP contribution >= 0.6 is 0 Å². The van der Waals surface area contributed by atoms with Crippen LogP contribution in [0.3, 0.4) is 0 Å². The van der Waals surface area contributed by atoms with Gasteiger partial charge in [0.2, 0.25) is 11.8 Å². The predicted octanol–water partition coefficient (Wildman–Crippen LogP) is 3.23. The van der Waals surface area contributed by atoms with Gasteiger partial charge in [-0.3, -0.25) is 9.69 Å². The van der Waals surface area contributed by atoms with E-state index in [-0.39, 0.29) is 17.9 Å². The van der Waals surface area contributed by atoms with Crippen molar-refractivity contribution >= 4 is 11.6 Å². The number of nitrogens with zero attached hydrogens (tertiary/aromatic N) is 4. The van der Waals surface area contributed by atoms with Crippen LogP contribution in [0.15, 0.2) is 28.8 Å². The minimum absolute atomic E-state index is 0.0196. The zero-order valence-electron chi connectivity index (χ0n) is 15.4. The van der Waals surface area contributed by atoms with Crippen LogP contribution in [0.1, 0.15) is 61.8 Å². The Morgan fingerprint density at radius 1 is 1.33 bits per heavy atom. The summed E-state index contributed by atoms with van der Waals surface area (Å²) in [5.41, 5.74) is 1.22. The van der Waals surface area contributed by atoms with Gasteiger partial charge in [-0.15, -0.1) is 0 Å². The summed E-state index contributed by atoms with van der Waals surface area (Å²) in [6.45, 7) is 3.72. The summed E-state index contributed by atoms with van der Waals surface area (Å²) in [5, 5.41) is 16.0. The van der Waals surface area contributed by atoms with E-state index in [0.29, 0.717) is 23.1 Å². The van der Waals surface area contributed by atoms with Crippen molar-refractivity contribution in [3.05, 3.63) is 41.5 Å². The van der Waals surface area contributed by atoms with Gasteiger partial charge < -0.3 is 9.84 Å². The number of rotatable bonds is 5. The second-order valence-electron chi connectivity index (χ2n) is 7.43. The summed E-state index contributed by atoms with van der Waals surface area (Å²) >= 11 is 0. The van der Waals surface area contributed by atoms with Crippen LogP contribution in [0.4, 0.5) is 5.69 Å². The third kappa shape index (κ3) is 4.01. The summed E-state index contributed by atoms with van der Waals surface area (Å²) in [5.74, 6) is 2.00. The first-order valence-electron chi connectivity index (χ1n) is 9.52. The number of aromatic nitrogens is 2. The van der Waals surface area contributed by atoms with E-state index in [9.17, 15) is 4.79 Å². The number of nitrogens with one attached hydrogen (secondary N) is 1. The lowest BCUT2D eigenvalue weighted by Gasteiger charge is -2.33. The van der Waals surface area contributed by atoms with Crippen molar-refractivity contribution in [3.8, 4) is 6.07 Å². The van der Waals surface area contributed by atoms with E-state index in [1.807, 2.05) is 6.07 Å². The van der Waals surface area contributed by atoms with Gasteiger partial charge in [-0.05, 0) is 63.9 Å². The normalized spacial score (nSPS) is 19.4. The van der Waals surface area contributed by atoms with Gasteiger partial charge in [0.05, 0.1) is 17.7 Å². The molecular weight excluding hydrogens is 342 g/mol. The molecule has 2 aromatic rings. The highest BCUT2D eigenvalue weighted by atomic mass is 16.5. The number of amides is 1. The summed E-state index contributed by atoms with van der Waals surface area (Å²) < 4.78 is 5.45. The molecule has 1 aromatic heterocycles. The number of benzene rings is 1. The Balaban J connectivity index is 1.31. The molecule has 7 heteroatoms. The van der Waals surface area contributed by atoms with Crippen molar-refractivity contribution in [3.63, 3.8) is 0 Å². The summed E-state index contributed by atoms with van der Waals surface area (Å²) in [6, 6.07) is 9.16. The third-order valence-corrected chi connectivity index (χ3v) is 5.46. The van der Waals surface area contributed by atoms with Crippen LogP contribution in [-0.2, 0) is 4.79 Å². The standard InChI is InChI=1S/C20H23N5O2/c1-13(20-23-18(24-27-20)15-5-6-15)25-9-7-16(8-10-25)19(26)22-17-4-2-3-14(11-17)12-21/h2-4,11,13,15-16H,5-10H2,1H3,(H,22,26)/t13-/m1/s1. The fraction of sp³-hybridized carbons (Fsp3) is 0.500. The molecule has 4 rings (SSSR count). The monoisotopic (exact) mass is 365 g/mol. The van der Waals surface area contributed by atoms with Crippen LogP contribution in [-0.4, -0.2) is 34.0 Å². The van der Waals surface area contributed by atoms with E-state index in [1.54, 1.807) is 18.2 Å². The minimum Gasteiger partial charge on any atom is -0.338 e. The average Bonchev–Trinajstić information content (AvgIpc) is 3.44. The molecule has 0 unspecified atom stereocenters. The van der Waals surface area contributed by atoms with E-state index in [0.717, 1.165) is 44.6 Å². The Hall–Kier alpha value is -2.72. The fourth-order valence-electron chi connectivity index (χ4n) is 3.54.